The van der Waals surface area contributed by atoms with Crippen LogP contribution in [-0.2, 0) is 14.3 Å². The van der Waals surface area contributed by atoms with Crippen LogP contribution in [0.25, 0.3) is 16.9 Å². The monoisotopic (exact) mass is 556 g/mol. The van der Waals surface area contributed by atoms with Crippen LogP contribution in [0.1, 0.15) is 62.9 Å². The van der Waals surface area contributed by atoms with Gasteiger partial charge < -0.3 is 19.4 Å². The van der Waals surface area contributed by atoms with E-state index in [9.17, 15) is 14.4 Å². The number of esters is 2. The third-order valence-electron chi connectivity index (χ3n) is 6.91. The van der Waals surface area contributed by atoms with Crippen LogP contribution in [0.15, 0.2) is 66.7 Å². The van der Waals surface area contributed by atoms with Gasteiger partial charge in [0.1, 0.15) is 5.69 Å². The van der Waals surface area contributed by atoms with Gasteiger partial charge in [0.2, 0.25) is 5.91 Å². The lowest BCUT2D eigenvalue weighted by atomic mass is 9.87. The summed E-state index contributed by atoms with van der Waals surface area (Å²) in [5, 5.41) is 3.36. The predicted molar refractivity (Wildman–Crippen MR) is 155 cm³/mol. The Labute approximate surface area is 237 Å². The van der Waals surface area contributed by atoms with E-state index >= 15 is 0 Å². The van der Waals surface area contributed by atoms with E-state index < -0.39 is 17.9 Å². The molecule has 8 heteroatoms. The normalized spacial score (nSPS) is 14.0. The van der Waals surface area contributed by atoms with Crippen LogP contribution < -0.4 is 5.32 Å². The summed E-state index contributed by atoms with van der Waals surface area (Å²) in [4.78, 5) is 41.2. The molecule has 1 amide bonds. The van der Waals surface area contributed by atoms with E-state index in [0.717, 1.165) is 11.1 Å². The van der Waals surface area contributed by atoms with Crippen molar-refractivity contribution in [2.75, 3.05) is 18.5 Å². The molecule has 2 heterocycles. The molecular weight excluding hydrogens is 528 g/mol. The number of ether oxygens (including phenoxy) is 2. The minimum absolute atomic E-state index is 0.00185. The first-order valence-corrected chi connectivity index (χ1v) is 13.5. The number of hydrogen-bond acceptors (Lipinski definition) is 5. The fourth-order valence-corrected chi connectivity index (χ4v) is 5.32. The molecule has 4 aromatic rings. The van der Waals surface area contributed by atoms with Gasteiger partial charge in [-0.25, -0.2) is 9.59 Å². The molecule has 1 N–H and O–H groups in total. The van der Waals surface area contributed by atoms with Gasteiger partial charge in [-0.05, 0) is 69.2 Å². The summed E-state index contributed by atoms with van der Waals surface area (Å²) in [5.41, 5.74) is 5.45. The quantitative estimate of drug-likeness (QED) is 0.251. The molecule has 7 nitrogen and oxygen atoms in total. The van der Waals surface area contributed by atoms with E-state index in [2.05, 4.69) is 5.32 Å². The number of rotatable bonds is 7. The van der Waals surface area contributed by atoms with Gasteiger partial charge >= 0.3 is 11.9 Å². The first-order chi connectivity index (χ1) is 19.2. The maximum Gasteiger partial charge on any atom is 0.356 e. The van der Waals surface area contributed by atoms with Crippen LogP contribution in [0.2, 0.25) is 5.02 Å². The van der Waals surface area contributed by atoms with Gasteiger partial charge in [0.15, 0.2) is 0 Å². The highest BCUT2D eigenvalue weighted by atomic mass is 35.5. The highest BCUT2D eigenvalue weighted by Gasteiger charge is 2.43. The summed E-state index contributed by atoms with van der Waals surface area (Å²) in [6, 6.07) is 20.4. The Hall–Kier alpha value is -4.36. The fourth-order valence-electron chi connectivity index (χ4n) is 5.14. The second-order valence-corrected chi connectivity index (χ2v) is 10.1. The van der Waals surface area contributed by atoms with Gasteiger partial charge in [0.25, 0.3) is 0 Å². The van der Waals surface area contributed by atoms with Gasteiger partial charge in [-0.15, -0.1) is 0 Å². The Morgan fingerprint density at radius 2 is 1.48 bits per heavy atom. The molecule has 1 atom stereocenters. The Balaban J connectivity index is 1.98. The molecule has 0 bridgehead atoms. The molecule has 1 aromatic heterocycles. The molecule has 5 rings (SSSR count). The van der Waals surface area contributed by atoms with Crippen molar-refractivity contribution in [2.24, 2.45) is 0 Å². The number of aryl methyl sites for hydroxylation is 2. The van der Waals surface area contributed by atoms with Crippen LogP contribution in [0, 0.1) is 13.8 Å². The summed E-state index contributed by atoms with van der Waals surface area (Å²) in [6.45, 7) is 7.50. The van der Waals surface area contributed by atoms with Crippen LogP contribution in [-0.4, -0.2) is 35.6 Å². The van der Waals surface area contributed by atoms with Crippen LogP contribution in [0.4, 0.5) is 5.69 Å². The molecule has 0 radical (unpaired) electrons. The molecular formula is C32H29ClN2O5. The van der Waals surface area contributed by atoms with E-state index in [1.54, 1.807) is 36.6 Å². The number of hydrogen-bond donors (Lipinski definition) is 1. The number of halogens is 1. The number of nitrogens with zero attached hydrogens (tertiary/aromatic N) is 1. The van der Waals surface area contributed by atoms with Crippen molar-refractivity contribution in [1.82, 2.24) is 4.57 Å². The fraction of sp³-hybridized carbons (Fsp3) is 0.219. The molecule has 0 saturated heterocycles. The van der Waals surface area contributed by atoms with E-state index in [4.69, 9.17) is 21.1 Å². The average Bonchev–Trinajstić information content (AvgIpc) is 3.43. The molecule has 0 saturated carbocycles. The smallest absolute Gasteiger partial charge is 0.356 e. The minimum Gasteiger partial charge on any atom is -0.462 e. The van der Waals surface area contributed by atoms with Crippen molar-refractivity contribution in [2.45, 2.75) is 33.6 Å². The number of nitrogens with one attached hydrogen (secondary N) is 1. The molecule has 3 aromatic carbocycles. The molecule has 0 fully saturated rings. The Morgan fingerprint density at radius 3 is 2.10 bits per heavy atom. The zero-order chi connectivity index (χ0) is 28.6. The molecule has 204 valence electrons. The van der Waals surface area contributed by atoms with Gasteiger partial charge in [-0.3, -0.25) is 4.79 Å². The average molecular weight is 557 g/mol. The van der Waals surface area contributed by atoms with Crippen molar-refractivity contribution >= 4 is 35.1 Å². The Kier molecular flexibility index (Phi) is 7.50. The summed E-state index contributed by atoms with van der Waals surface area (Å²) in [6.07, 6.45) is 0. The number of aromatic nitrogens is 1. The number of carbonyl (C=O) groups is 3. The maximum atomic E-state index is 13.8. The first-order valence-electron chi connectivity index (χ1n) is 13.1. The van der Waals surface area contributed by atoms with Gasteiger partial charge in [0, 0.05) is 22.0 Å². The summed E-state index contributed by atoms with van der Waals surface area (Å²) < 4.78 is 12.7. The third kappa shape index (κ3) is 4.77. The lowest BCUT2D eigenvalue weighted by Gasteiger charge is -2.17. The van der Waals surface area contributed by atoms with Crippen LogP contribution >= 0.6 is 11.6 Å². The maximum absolute atomic E-state index is 13.8. The number of anilines is 1. The Bertz CT molecular complexity index is 1620. The van der Waals surface area contributed by atoms with Crippen LogP contribution in [0.3, 0.4) is 0 Å². The largest absolute Gasteiger partial charge is 0.462 e. The SMILES string of the molecule is CCOC(=O)c1c(C2C(=O)Nc3ccc(Cl)cc32)c(-c2ccc(C)cc2)n(-c2ccc(C)cc2)c1C(=O)OCC. The van der Waals surface area contributed by atoms with E-state index in [1.807, 2.05) is 62.4 Å². The molecule has 0 spiro atoms. The highest BCUT2D eigenvalue weighted by molar-refractivity contribution is 6.31. The second kappa shape index (κ2) is 11.0. The van der Waals surface area contributed by atoms with Crippen LogP contribution in [0.5, 0.6) is 0 Å². The predicted octanol–water partition coefficient (Wildman–Crippen LogP) is 6.85. The summed E-state index contributed by atoms with van der Waals surface area (Å²) in [5.74, 6) is -2.70. The van der Waals surface area contributed by atoms with E-state index in [0.29, 0.717) is 38.8 Å². The number of carbonyl (C=O) groups excluding carboxylic acids is 3. The van der Waals surface area contributed by atoms with Crippen molar-refractivity contribution in [3.05, 3.63) is 105 Å². The Morgan fingerprint density at radius 1 is 0.875 bits per heavy atom. The van der Waals surface area contributed by atoms with Crippen molar-refractivity contribution in [3.8, 4) is 16.9 Å². The standard InChI is InChI=1S/C32H29ClN2O5/c1-5-39-31(37)27-26(25-23-17-21(33)13-16-24(23)34-30(25)36)28(20-11-7-18(3)8-12-20)35(29(27)32(38)40-6-2)22-14-9-19(4)10-15-22/h7-17,25H,5-6H2,1-4H3,(H,34,36). The van der Waals surface area contributed by atoms with Gasteiger partial charge in [-0.1, -0.05) is 59.1 Å². The summed E-state index contributed by atoms with van der Waals surface area (Å²) in [7, 11) is 0. The van der Waals surface area contributed by atoms with Crippen molar-refractivity contribution < 1.29 is 23.9 Å². The number of fused-ring (bicyclic) bond motifs is 1. The zero-order valence-electron chi connectivity index (χ0n) is 22.7. The van der Waals surface area contributed by atoms with Gasteiger partial charge in [0.05, 0.1) is 30.4 Å². The van der Waals surface area contributed by atoms with E-state index in [-0.39, 0.29) is 30.4 Å². The molecule has 1 unspecified atom stereocenters. The number of benzene rings is 3. The molecule has 1 aliphatic heterocycles. The van der Waals surface area contributed by atoms with Crippen molar-refractivity contribution in [1.29, 1.82) is 0 Å². The topological polar surface area (TPSA) is 86.6 Å². The van der Waals surface area contributed by atoms with E-state index in [1.165, 1.54) is 0 Å². The highest BCUT2D eigenvalue weighted by Crippen LogP contribution is 2.47. The lowest BCUT2D eigenvalue weighted by molar-refractivity contribution is -0.116. The first kappa shape index (κ1) is 27.2. The van der Waals surface area contributed by atoms with Gasteiger partial charge in [-0.2, -0.15) is 0 Å². The van der Waals surface area contributed by atoms with Crippen molar-refractivity contribution in [3.63, 3.8) is 0 Å². The number of amides is 1. The molecule has 40 heavy (non-hydrogen) atoms. The molecule has 1 aliphatic rings. The minimum atomic E-state index is -0.940. The third-order valence-corrected chi connectivity index (χ3v) is 7.14. The zero-order valence-corrected chi connectivity index (χ0v) is 23.5. The molecule has 0 aliphatic carbocycles. The summed E-state index contributed by atoms with van der Waals surface area (Å²) >= 11 is 6.38. The second-order valence-electron chi connectivity index (χ2n) is 9.62. The lowest BCUT2D eigenvalue weighted by Crippen LogP contribution is -2.19.